The fourth-order valence-corrected chi connectivity index (χ4v) is 3.00. The minimum absolute atomic E-state index is 0.0156. The summed E-state index contributed by atoms with van der Waals surface area (Å²) >= 11 is 0. The normalized spacial score (nSPS) is 15.3. The molecule has 0 unspecified atom stereocenters. The highest BCUT2D eigenvalue weighted by atomic mass is 16.5. The van der Waals surface area contributed by atoms with E-state index in [2.05, 4.69) is 0 Å². The lowest BCUT2D eigenvalue weighted by molar-refractivity contribution is -0.112. The van der Waals surface area contributed by atoms with Crippen molar-refractivity contribution in [2.45, 2.75) is 13.8 Å². The van der Waals surface area contributed by atoms with Gasteiger partial charge in [0.1, 0.15) is 5.75 Å². The molecule has 1 aliphatic rings. The first-order valence-electron chi connectivity index (χ1n) is 7.72. The van der Waals surface area contributed by atoms with Crippen molar-refractivity contribution in [1.82, 2.24) is 0 Å². The molecule has 0 aromatic heterocycles. The molecule has 0 fully saturated rings. The maximum absolute atomic E-state index is 12.8. The quantitative estimate of drug-likeness (QED) is 0.638. The number of fused-ring (bicyclic) bond motifs is 1. The Balaban J connectivity index is 2.22. The third kappa shape index (κ3) is 2.50. The fourth-order valence-electron chi connectivity index (χ4n) is 3.00. The van der Waals surface area contributed by atoms with Gasteiger partial charge in [0.2, 0.25) is 0 Å². The second kappa shape index (κ2) is 5.96. The van der Waals surface area contributed by atoms with Gasteiger partial charge >= 0.3 is 0 Å². The Hall–Kier alpha value is -2.88. The molecule has 2 aromatic carbocycles. The molecule has 1 heterocycles. The minimum atomic E-state index is -0.0639. The van der Waals surface area contributed by atoms with Gasteiger partial charge in [-0.15, -0.1) is 0 Å². The molecule has 0 bridgehead atoms. The molecular formula is C20H19NO3. The lowest BCUT2D eigenvalue weighted by Gasteiger charge is -2.09. The molecule has 0 radical (unpaired) electrons. The lowest BCUT2D eigenvalue weighted by atomic mass is 9.95. The Morgan fingerprint density at radius 1 is 1.04 bits per heavy atom. The fraction of sp³-hybridized carbons (Fsp3) is 0.200. The van der Waals surface area contributed by atoms with Crippen molar-refractivity contribution in [2.24, 2.45) is 0 Å². The van der Waals surface area contributed by atoms with Gasteiger partial charge < -0.3 is 9.64 Å². The number of likely N-dealkylation sites (N-methyl/N-ethyl adjacent to an activating group) is 1. The summed E-state index contributed by atoms with van der Waals surface area (Å²) in [5, 5.41) is 0. The van der Waals surface area contributed by atoms with Crippen LogP contribution in [0.25, 0.3) is 11.1 Å². The number of ether oxygens (including phenoxy) is 1. The number of methoxy groups -OCH3 is 1. The Morgan fingerprint density at radius 2 is 1.79 bits per heavy atom. The van der Waals surface area contributed by atoms with Crippen LogP contribution in [0.3, 0.4) is 0 Å². The molecule has 0 aliphatic carbocycles. The van der Waals surface area contributed by atoms with E-state index in [1.165, 1.54) is 6.92 Å². The van der Waals surface area contributed by atoms with Gasteiger partial charge in [0, 0.05) is 18.2 Å². The highest BCUT2D eigenvalue weighted by Crippen LogP contribution is 2.40. The molecule has 0 saturated heterocycles. The summed E-state index contributed by atoms with van der Waals surface area (Å²) in [6, 6.07) is 13.0. The summed E-state index contributed by atoms with van der Waals surface area (Å²) in [5.41, 5.74) is 4.65. The maximum Gasteiger partial charge on any atom is 0.259 e. The van der Waals surface area contributed by atoms with Crippen molar-refractivity contribution in [3.63, 3.8) is 0 Å². The van der Waals surface area contributed by atoms with Gasteiger partial charge in [0.05, 0.1) is 18.4 Å². The standard InChI is InChI=1S/C20H19NO3/c1-12(14-6-5-7-16(10-14)24-4)19-17-11-15(13(2)22)8-9-18(17)21(3)20(19)23/h5-11H,1-4H3/b19-12+. The van der Waals surface area contributed by atoms with E-state index in [1.807, 2.05) is 37.3 Å². The van der Waals surface area contributed by atoms with Crippen molar-refractivity contribution >= 4 is 28.5 Å². The summed E-state index contributed by atoms with van der Waals surface area (Å²) < 4.78 is 5.27. The number of rotatable bonds is 3. The number of hydrogen-bond acceptors (Lipinski definition) is 3. The third-order valence-electron chi connectivity index (χ3n) is 4.43. The minimum Gasteiger partial charge on any atom is -0.497 e. The first-order chi connectivity index (χ1) is 11.4. The molecule has 1 aliphatic heterocycles. The maximum atomic E-state index is 12.8. The zero-order valence-corrected chi connectivity index (χ0v) is 14.2. The van der Waals surface area contributed by atoms with Gasteiger partial charge in [-0.3, -0.25) is 9.59 Å². The summed E-state index contributed by atoms with van der Waals surface area (Å²) in [5.74, 6) is 0.660. The molecule has 3 rings (SSSR count). The average molecular weight is 321 g/mol. The van der Waals surface area contributed by atoms with Crippen LogP contribution in [-0.4, -0.2) is 25.8 Å². The van der Waals surface area contributed by atoms with Gasteiger partial charge in [0.15, 0.2) is 5.78 Å². The summed E-state index contributed by atoms with van der Waals surface area (Å²) in [7, 11) is 3.37. The molecule has 4 heteroatoms. The van der Waals surface area contributed by atoms with E-state index in [0.29, 0.717) is 11.1 Å². The predicted molar refractivity (Wildman–Crippen MR) is 95.3 cm³/mol. The van der Waals surface area contributed by atoms with Crippen molar-refractivity contribution in [1.29, 1.82) is 0 Å². The Labute approximate surface area is 141 Å². The first kappa shape index (κ1) is 16.0. The first-order valence-corrected chi connectivity index (χ1v) is 7.72. The smallest absolute Gasteiger partial charge is 0.259 e. The molecule has 0 saturated carbocycles. The van der Waals surface area contributed by atoms with E-state index in [4.69, 9.17) is 4.74 Å². The average Bonchev–Trinajstić information content (AvgIpc) is 2.85. The van der Waals surface area contributed by atoms with Crippen LogP contribution in [0.4, 0.5) is 5.69 Å². The van der Waals surface area contributed by atoms with Gasteiger partial charge in [-0.05, 0) is 55.3 Å². The van der Waals surface area contributed by atoms with Gasteiger partial charge in [0.25, 0.3) is 5.91 Å². The van der Waals surface area contributed by atoms with E-state index < -0.39 is 0 Å². The molecule has 0 N–H and O–H groups in total. The number of benzene rings is 2. The topological polar surface area (TPSA) is 46.6 Å². The number of anilines is 1. The zero-order valence-electron chi connectivity index (χ0n) is 14.2. The Kier molecular flexibility index (Phi) is 3.97. The Bertz CT molecular complexity index is 880. The summed E-state index contributed by atoms with van der Waals surface area (Å²) in [6.45, 7) is 3.45. The van der Waals surface area contributed by atoms with Crippen LogP contribution in [0.15, 0.2) is 42.5 Å². The molecule has 4 nitrogen and oxygen atoms in total. The number of amides is 1. The van der Waals surface area contributed by atoms with Crippen LogP contribution in [0.2, 0.25) is 0 Å². The van der Waals surface area contributed by atoms with Gasteiger partial charge in [-0.1, -0.05) is 12.1 Å². The number of nitrogens with zero attached hydrogens (tertiary/aromatic N) is 1. The molecule has 1 amide bonds. The van der Waals surface area contributed by atoms with Crippen LogP contribution in [0.1, 0.15) is 35.3 Å². The molecule has 24 heavy (non-hydrogen) atoms. The van der Waals surface area contributed by atoms with E-state index >= 15 is 0 Å². The highest BCUT2D eigenvalue weighted by molar-refractivity contribution is 6.37. The second-order valence-corrected chi connectivity index (χ2v) is 5.88. The van der Waals surface area contributed by atoms with Crippen molar-refractivity contribution in [3.8, 4) is 5.75 Å². The number of carbonyl (C=O) groups is 2. The zero-order chi connectivity index (χ0) is 17.4. The largest absolute Gasteiger partial charge is 0.497 e. The summed E-state index contributed by atoms with van der Waals surface area (Å²) in [4.78, 5) is 26.1. The van der Waals surface area contributed by atoms with Crippen molar-refractivity contribution in [2.75, 3.05) is 19.1 Å². The van der Waals surface area contributed by atoms with Crippen LogP contribution < -0.4 is 9.64 Å². The van der Waals surface area contributed by atoms with Gasteiger partial charge in [-0.25, -0.2) is 0 Å². The SMILES string of the molecule is COc1cccc(/C(C)=C2/C(=O)N(C)c3ccc(C(C)=O)cc32)c1. The van der Waals surface area contributed by atoms with Crippen LogP contribution in [0.5, 0.6) is 5.75 Å². The van der Waals surface area contributed by atoms with Crippen molar-refractivity contribution in [3.05, 3.63) is 59.2 Å². The van der Waals surface area contributed by atoms with Crippen LogP contribution >= 0.6 is 0 Å². The van der Waals surface area contributed by atoms with Crippen LogP contribution in [0, 0.1) is 0 Å². The monoisotopic (exact) mass is 321 g/mol. The van der Waals surface area contributed by atoms with Crippen molar-refractivity contribution < 1.29 is 14.3 Å². The number of Topliss-reactive ketones (excluding diaryl/α,β-unsaturated/α-hetero) is 1. The predicted octanol–water partition coefficient (Wildman–Crippen LogP) is 3.80. The van der Waals surface area contributed by atoms with E-state index in [0.717, 1.165) is 28.1 Å². The molecule has 2 aromatic rings. The Morgan fingerprint density at radius 3 is 2.46 bits per heavy atom. The van der Waals surface area contributed by atoms with Gasteiger partial charge in [-0.2, -0.15) is 0 Å². The second-order valence-electron chi connectivity index (χ2n) is 5.88. The van der Waals surface area contributed by atoms with E-state index in [9.17, 15) is 9.59 Å². The van der Waals surface area contributed by atoms with E-state index in [-0.39, 0.29) is 11.7 Å². The number of allylic oxidation sites excluding steroid dienone is 1. The lowest BCUT2D eigenvalue weighted by Crippen LogP contribution is -2.20. The molecule has 0 spiro atoms. The number of carbonyl (C=O) groups excluding carboxylic acids is 2. The molecule has 0 atom stereocenters. The number of ketones is 1. The molecular weight excluding hydrogens is 302 g/mol. The highest BCUT2D eigenvalue weighted by Gasteiger charge is 2.32. The molecule has 122 valence electrons. The van der Waals surface area contributed by atoms with Crippen LogP contribution in [-0.2, 0) is 4.79 Å². The van der Waals surface area contributed by atoms with E-state index in [1.54, 1.807) is 31.2 Å². The third-order valence-corrected chi connectivity index (χ3v) is 4.43. The number of hydrogen-bond donors (Lipinski definition) is 0. The summed E-state index contributed by atoms with van der Waals surface area (Å²) in [6.07, 6.45) is 0.